The second-order valence-corrected chi connectivity index (χ2v) is 9.98. The molecule has 0 aromatic heterocycles. The average Bonchev–Trinajstić information content (AvgIpc) is 2.92. The first-order valence-corrected chi connectivity index (χ1v) is 13.5. The number of hydrogen-bond donors (Lipinski definition) is 1. The molecular weight excluding hydrogens is 524 g/mol. The van der Waals surface area contributed by atoms with Gasteiger partial charge in [0, 0.05) is 43.0 Å². The van der Waals surface area contributed by atoms with E-state index in [0.29, 0.717) is 53.9 Å². The molecule has 0 bridgehead atoms. The fourth-order valence-corrected chi connectivity index (χ4v) is 3.94. The second kappa shape index (κ2) is 17.3. The first-order chi connectivity index (χ1) is 18.7. The molecule has 0 saturated carbocycles. The molecule has 11 heteroatoms. The van der Waals surface area contributed by atoms with Crippen LogP contribution in [0.25, 0.3) is 0 Å². The van der Waals surface area contributed by atoms with Crippen molar-refractivity contribution in [2.24, 2.45) is 0 Å². The van der Waals surface area contributed by atoms with Gasteiger partial charge in [0.15, 0.2) is 11.2 Å². The van der Waals surface area contributed by atoms with E-state index in [1.807, 2.05) is 14.1 Å². The Morgan fingerprint density at radius 2 is 1.67 bits per heavy atom. The maximum atomic E-state index is 13.6. The van der Waals surface area contributed by atoms with E-state index in [9.17, 15) is 14.4 Å². The number of benzene rings is 2. The number of rotatable bonds is 17. The van der Waals surface area contributed by atoms with Gasteiger partial charge in [-0.1, -0.05) is 23.9 Å². The molecule has 0 aliphatic heterocycles. The molecule has 2 rings (SSSR count). The lowest BCUT2D eigenvalue weighted by Gasteiger charge is -2.19. The Morgan fingerprint density at radius 1 is 0.949 bits per heavy atom. The van der Waals surface area contributed by atoms with Crippen LogP contribution in [0.5, 0.6) is 17.2 Å². The van der Waals surface area contributed by atoms with Crippen LogP contribution in [0.15, 0.2) is 42.5 Å². The molecular formula is C28H38N2O8S. The second-order valence-electron chi connectivity index (χ2n) is 8.71. The highest BCUT2D eigenvalue weighted by atomic mass is 32.2. The smallest absolute Gasteiger partial charge is 0.408 e. The van der Waals surface area contributed by atoms with Gasteiger partial charge in [-0.2, -0.15) is 0 Å². The lowest BCUT2D eigenvalue weighted by Crippen LogP contribution is -2.30. The number of thioether (sulfide) groups is 1. The summed E-state index contributed by atoms with van der Waals surface area (Å²) in [5.74, 6) is 1.29. The fraction of sp³-hybridized carbons (Fsp3) is 0.464. The summed E-state index contributed by atoms with van der Waals surface area (Å²) in [6.07, 6.45) is -1.15. The van der Waals surface area contributed by atoms with Gasteiger partial charge in [-0.15, -0.1) is 0 Å². The van der Waals surface area contributed by atoms with Crippen molar-refractivity contribution in [3.63, 3.8) is 0 Å². The highest BCUT2D eigenvalue weighted by molar-refractivity contribution is 8.13. The summed E-state index contributed by atoms with van der Waals surface area (Å²) in [5.41, 5.74) is 0.674. The summed E-state index contributed by atoms with van der Waals surface area (Å²) in [7, 11) is 7.01. The Bertz CT molecular complexity index is 1060. The molecule has 0 radical (unpaired) electrons. The van der Waals surface area contributed by atoms with Crippen molar-refractivity contribution in [1.29, 1.82) is 0 Å². The van der Waals surface area contributed by atoms with Gasteiger partial charge >= 0.3 is 6.09 Å². The molecule has 1 N–H and O–H groups in total. The van der Waals surface area contributed by atoms with Crippen LogP contribution in [-0.2, 0) is 14.3 Å². The molecule has 10 nitrogen and oxygen atoms in total. The number of alkyl carbamates (subject to hydrolysis) is 1. The topological polar surface area (TPSA) is 113 Å². The third-order valence-corrected chi connectivity index (χ3v) is 6.14. The maximum Gasteiger partial charge on any atom is 0.408 e. The molecule has 1 amide bonds. The van der Waals surface area contributed by atoms with Crippen LogP contribution in [0.1, 0.15) is 35.4 Å². The SMILES string of the molecule is COc1cc(OC)cc(C(OC(=O)NCCSC(C)=O)C(=O)c2cccc(OCCOCCCN(C)C)c2)c1. The van der Waals surface area contributed by atoms with Gasteiger partial charge in [0.05, 0.1) is 20.8 Å². The summed E-state index contributed by atoms with van der Waals surface area (Å²) < 4.78 is 27.6. The number of nitrogens with zero attached hydrogens (tertiary/aromatic N) is 1. The van der Waals surface area contributed by atoms with Crippen LogP contribution < -0.4 is 19.5 Å². The number of ketones is 1. The van der Waals surface area contributed by atoms with Crippen LogP contribution in [0.3, 0.4) is 0 Å². The largest absolute Gasteiger partial charge is 0.497 e. The van der Waals surface area contributed by atoms with Gasteiger partial charge in [0.1, 0.15) is 23.9 Å². The van der Waals surface area contributed by atoms with Crippen molar-refractivity contribution in [3.05, 3.63) is 53.6 Å². The predicted molar refractivity (Wildman–Crippen MR) is 150 cm³/mol. The summed E-state index contributed by atoms with van der Waals surface area (Å²) in [5, 5.41) is 2.52. The molecule has 214 valence electrons. The predicted octanol–water partition coefficient (Wildman–Crippen LogP) is 3.98. The third kappa shape index (κ3) is 12.0. The molecule has 1 atom stereocenters. The summed E-state index contributed by atoms with van der Waals surface area (Å²) >= 11 is 1.08. The molecule has 0 spiro atoms. The Hall–Kier alpha value is -3.28. The molecule has 0 aliphatic rings. The Morgan fingerprint density at radius 3 is 2.31 bits per heavy atom. The van der Waals surface area contributed by atoms with Crippen molar-refractivity contribution in [2.75, 3.05) is 67.0 Å². The molecule has 0 heterocycles. The van der Waals surface area contributed by atoms with E-state index in [-0.39, 0.29) is 11.7 Å². The number of methoxy groups -OCH3 is 2. The molecule has 39 heavy (non-hydrogen) atoms. The zero-order chi connectivity index (χ0) is 28.6. The van der Waals surface area contributed by atoms with Crippen LogP contribution in [0.2, 0.25) is 0 Å². The Balaban J connectivity index is 2.14. The van der Waals surface area contributed by atoms with Crippen molar-refractivity contribution in [1.82, 2.24) is 10.2 Å². The molecule has 1 unspecified atom stereocenters. The van der Waals surface area contributed by atoms with Crippen LogP contribution >= 0.6 is 11.8 Å². The standard InChI is InChI=1S/C28H38N2O8S/c1-20(31)39-15-10-29-28(33)38-27(22-17-24(34-4)19-25(18-22)35-5)26(32)21-8-6-9-23(16-21)37-14-13-36-12-7-11-30(2)3/h6,8-9,16-19,27H,7,10-15H2,1-5H3,(H,29,33). The quantitative estimate of drug-likeness (QED) is 0.224. The fourth-order valence-electron chi connectivity index (χ4n) is 3.44. The monoisotopic (exact) mass is 562 g/mol. The van der Waals surface area contributed by atoms with Crippen molar-refractivity contribution in [3.8, 4) is 17.2 Å². The van der Waals surface area contributed by atoms with Gasteiger partial charge in [0.2, 0.25) is 5.78 Å². The van der Waals surface area contributed by atoms with Gasteiger partial charge in [-0.3, -0.25) is 9.59 Å². The van der Waals surface area contributed by atoms with Crippen molar-refractivity contribution in [2.45, 2.75) is 19.4 Å². The third-order valence-electron chi connectivity index (χ3n) is 5.33. The summed E-state index contributed by atoms with van der Waals surface area (Å²) in [6, 6.07) is 11.5. The van der Waals surface area contributed by atoms with E-state index >= 15 is 0 Å². The highest BCUT2D eigenvalue weighted by Gasteiger charge is 2.28. The lowest BCUT2D eigenvalue weighted by molar-refractivity contribution is -0.109. The lowest BCUT2D eigenvalue weighted by atomic mass is 9.99. The van der Waals surface area contributed by atoms with E-state index in [4.69, 9.17) is 23.7 Å². The van der Waals surface area contributed by atoms with E-state index < -0.39 is 18.0 Å². The van der Waals surface area contributed by atoms with E-state index in [0.717, 1.165) is 24.7 Å². The van der Waals surface area contributed by atoms with Crippen LogP contribution in [0, 0.1) is 0 Å². The molecule has 2 aromatic carbocycles. The molecule has 2 aromatic rings. The molecule has 0 aliphatic carbocycles. The first kappa shape index (κ1) is 31.9. The Kier molecular flexibility index (Phi) is 14.2. The van der Waals surface area contributed by atoms with Gasteiger partial charge < -0.3 is 33.9 Å². The number of carbonyl (C=O) groups excluding carboxylic acids is 3. The molecule has 0 fully saturated rings. The first-order valence-electron chi connectivity index (χ1n) is 12.5. The van der Waals surface area contributed by atoms with E-state index in [2.05, 4.69) is 10.2 Å². The highest BCUT2D eigenvalue weighted by Crippen LogP contribution is 2.31. The number of amides is 1. The zero-order valence-corrected chi connectivity index (χ0v) is 24.0. The normalized spacial score (nSPS) is 11.5. The summed E-state index contributed by atoms with van der Waals surface area (Å²) in [4.78, 5) is 39.4. The van der Waals surface area contributed by atoms with Crippen molar-refractivity contribution >= 4 is 28.8 Å². The Labute approximate surface area is 234 Å². The number of Topliss-reactive ketones (excluding diaryl/α,β-unsaturated/α-hetero) is 1. The van der Waals surface area contributed by atoms with E-state index in [1.54, 1.807) is 42.5 Å². The molecule has 0 saturated heterocycles. The average molecular weight is 563 g/mol. The van der Waals surface area contributed by atoms with Gasteiger partial charge in [-0.05, 0) is 51.3 Å². The van der Waals surface area contributed by atoms with Crippen LogP contribution in [0.4, 0.5) is 4.79 Å². The maximum absolute atomic E-state index is 13.6. The number of hydrogen-bond acceptors (Lipinski definition) is 10. The number of nitrogens with one attached hydrogen (secondary N) is 1. The van der Waals surface area contributed by atoms with Gasteiger partial charge in [0.25, 0.3) is 0 Å². The number of carbonyl (C=O) groups is 3. The minimum atomic E-state index is -1.29. The number of ether oxygens (including phenoxy) is 5. The van der Waals surface area contributed by atoms with Gasteiger partial charge in [-0.25, -0.2) is 4.79 Å². The summed E-state index contributed by atoms with van der Waals surface area (Å²) in [6.45, 7) is 3.98. The van der Waals surface area contributed by atoms with Crippen LogP contribution in [-0.4, -0.2) is 88.9 Å². The minimum absolute atomic E-state index is 0.0558. The van der Waals surface area contributed by atoms with E-state index in [1.165, 1.54) is 21.1 Å². The zero-order valence-electron chi connectivity index (χ0n) is 23.2. The van der Waals surface area contributed by atoms with Crippen molar-refractivity contribution < 1.29 is 38.1 Å². The minimum Gasteiger partial charge on any atom is -0.497 e.